The molecule has 1 aromatic heterocycles. The van der Waals surface area contributed by atoms with Gasteiger partial charge in [0, 0.05) is 37.9 Å². The molecule has 0 N–H and O–H groups in total. The van der Waals surface area contributed by atoms with Crippen LogP contribution in [-0.4, -0.2) is 66.9 Å². The lowest BCUT2D eigenvalue weighted by Gasteiger charge is -2.45. The maximum Gasteiger partial charge on any atom is 0.320 e. The number of pyridine rings is 1. The predicted molar refractivity (Wildman–Crippen MR) is 126 cm³/mol. The maximum atomic E-state index is 13.4. The highest BCUT2D eigenvalue weighted by Crippen LogP contribution is 2.33. The third kappa shape index (κ3) is 4.31. The summed E-state index contributed by atoms with van der Waals surface area (Å²) in [5.74, 6) is -0.628. The zero-order valence-electron chi connectivity index (χ0n) is 18.9. The summed E-state index contributed by atoms with van der Waals surface area (Å²) >= 11 is 0. The number of rotatable bonds is 4. The summed E-state index contributed by atoms with van der Waals surface area (Å²) in [5.41, 5.74) is 1.78. The number of sulfonamides is 1. The van der Waals surface area contributed by atoms with Crippen LogP contribution in [-0.2, 0) is 19.6 Å². The Bertz CT molecular complexity index is 1340. The molecule has 2 aliphatic heterocycles. The highest BCUT2D eigenvalue weighted by Gasteiger charge is 2.45. The molecule has 34 heavy (non-hydrogen) atoms. The summed E-state index contributed by atoms with van der Waals surface area (Å²) in [5, 5.41) is 0.705. The minimum absolute atomic E-state index is 0.226. The minimum atomic E-state index is -3.66. The number of nitrogens with zero attached hydrogens (tertiary/aromatic N) is 3. The monoisotopic (exact) mass is 483 g/mol. The van der Waals surface area contributed by atoms with Gasteiger partial charge in [0.25, 0.3) is 0 Å². The molecule has 7 nitrogen and oxygen atoms in total. The summed E-state index contributed by atoms with van der Waals surface area (Å²) < 4.78 is 47.1. The number of benzene rings is 2. The number of piperidine rings is 1. The number of ether oxygens (including phenoxy) is 1. The van der Waals surface area contributed by atoms with Crippen LogP contribution < -0.4 is 0 Å². The van der Waals surface area contributed by atoms with Crippen molar-refractivity contribution in [1.82, 2.24) is 14.2 Å². The van der Waals surface area contributed by atoms with Gasteiger partial charge in [0.2, 0.25) is 10.0 Å². The number of hydrogen-bond donors (Lipinski definition) is 0. The second-order valence-electron chi connectivity index (χ2n) is 8.95. The molecule has 2 fully saturated rings. The Hall–Kier alpha value is -2.88. The van der Waals surface area contributed by atoms with Gasteiger partial charge in [-0.25, -0.2) is 12.8 Å². The van der Waals surface area contributed by atoms with E-state index in [0.29, 0.717) is 43.4 Å². The van der Waals surface area contributed by atoms with Crippen LogP contribution in [0.4, 0.5) is 4.39 Å². The Kier molecular flexibility index (Phi) is 5.87. The van der Waals surface area contributed by atoms with Crippen molar-refractivity contribution >= 4 is 26.9 Å². The van der Waals surface area contributed by atoms with Crippen molar-refractivity contribution in [3.05, 3.63) is 60.5 Å². The van der Waals surface area contributed by atoms with Crippen LogP contribution in [0.15, 0.2) is 59.6 Å². The summed E-state index contributed by atoms with van der Waals surface area (Å²) in [6.45, 7) is 4.31. The standard InChI is InChI=1S/C25H26FN3O4S/c1-2-28-16-24(30)33-25(17-28)9-11-29(12-10-25)34(31,32)22-7-5-18(6-8-22)19-3-4-20-13-21(26)15-27-23(20)14-19/h3-8,13-15H,2,9-12,16-17H2,1H3. The lowest BCUT2D eigenvalue weighted by Crippen LogP contribution is -2.58. The molecule has 0 unspecified atom stereocenters. The minimum Gasteiger partial charge on any atom is -0.457 e. The molecule has 9 heteroatoms. The van der Waals surface area contributed by atoms with Gasteiger partial charge in [0.15, 0.2) is 0 Å². The summed E-state index contributed by atoms with van der Waals surface area (Å²) in [7, 11) is -3.66. The average Bonchev–Trinajstić information content (AvgIpc) is 2.83. The molecule has 0 amide bonds. The van der Waals surface area contributed by atoms with E-state index in [-0.39, 0.29) is 23.2 Å². The van der Waals surface area contributed by atoms with Crippen molar-refractivity contribution in [3.8, 4) is 11.1 Å². The number of halogens is 1. The van der Waals surface area contributed by atoms with Gasteiger partial charge in [0.05, 0.1) is 23.2 Å². The van der Waals surface area contributed by atoms with E-state index in [2.05, 4.69) is 4.98 Å². The molecular formula is C25H26FN3O4S. The lowest BCUT2D eigenvalue weighted by molar-refractivity contribution is -0.179. The Morgan fingerprint density at radius 3 is 2.47 bits per heavy atom. The van der Waals surface area contributed by atoms with E-state index < -0.39 is 15.6 Å². The molecular weight excluding hydrogens is 457 g/mol. The summed E-state index contributed by atoms with van der Waals surface area (Å²) in [4.78, 5) is 18.4. The number of carbonyl (C=O) groups is 1. The van der Waals surface area contributed by atoms with E-state index in [0.717, 1.165) is 17.7 Å². The van der Waals surface area contributed by atoms with E-state index in [1.54, 1.807) is 30.3 Å². The fourth-order valence-corrected chi connectivity index (χ4v) is 6.25. The van der Waals surface area contributed by atoms with Crippen LogP contribution >= 0.6 is 0 Å². The quantitative estimate of drug-likeness (QED) is 0.529. The number of likely N-dealkylation sites (N-methyl/N-ethyl adjacent to an activating group) is 1. The highest BCUT2D eigenvalue weighted by molar-refractivity contribution is 7.89. The number of hydrogen-bond acceptors (Lipinski definition) is 6. The molecule has 2 aliphatic rings. The van der Waals surface area contributed by atoms with E-state index >= 15 is 0 Å². The average molecular weight is 484 g/mol. The Morgan fingerprint density at radius 1 is 1.06 bits per heavy atom. The third-order valence-corrected chi connectivity index (χ3v) is 8.66. The van der Waals surface area contributed by atoms with Gasteiger partial charge in [-0.05, 0) is 41.9 Å². The van der Waals surface area contributed by atoms with Gasteiger partial charge in [-0.3, -0.25) is 14.7 Å². The number of carbonyl (C=O) groups excluding carboxylic acids is 1. The molecule has 0 aliphatic carbocycles. The van der Waals surface area contributed by atoms with Gasteiger partial charge in [-0.15, -0.1) is 0 Å². The molecule has 2 saturated heterocycles. The second kappa shape index (κ2) is 8.72. The highest BCUT2D eigenvalue weighted by atomic mass is 32.2. The van der Waals surface area contributed by atoms with Crippen molar-refractivity contribution < 1.29 is 22.3 Å². The summed E-state index contributed by atoms with van der Waals surface area (Å²) in [6, 6.07) is 13.7. The second-order valence-corrected chi connectivity index (χ2v) is 10.9. The largest absolute Gasteiger partial charge is 0.457 e. The molecule has 1 spiro atoms. The van der Waals surface area contributed by atoms with Crippen LogP contribution in [0.25, 0.3) is 22.0 Å². The SMILES string of the molecule is CCN1CC(=O)OC2(CCN(S(=O)(=O)c3ccc(-c4ccc5cc(F)cnc5c4)cc3)CC2)C1. The van der Waals surface area contributed by atoms with Crippen LogP contribution in [0, 0.1) is 5.82 Å². The topological polar surface area (TPSA) is 79.8 Å². The van der Waals surface area contributed by atoms with Crippen LogP contribution in [0.5, 0.6) is 0 Å². The number of fused-ring (bicyclic) bond motifs is 1. The summed E-state index contributed by atoms with van der Waals surface area (Å²) in [6.07, 6.45) is 2.15. The Labute approximate surface area is 198 Å². The van der Waals surface area contributed by atoms with Crippen molar-refractivity contribution in [2.75, 3.05) is 32.7 Å². The zero-order chi connectivity index (χ0) is 23.9. The van der Waals surface area contributed by atoms with Gasteiger partial charge in [-0.2, -0.15) is 4.31 Å². The molecule has 2 aromatic carbocycles. The number of esters is 1. The Morgan fingerprint density at radius 2 is 1.76 bits per heavy atom. The molecule has 5 rings (SSSR count). The Balaban J connectivity index is 1.31. The third-order valence-electron chi connectivity index (χ3n) is 6.75. The molecule has 3 aromatic rings. The van der Waals surface area contributed by atoms with E-state index in [4.69, 9.17) is 4.74 Å². The fraction of sp³-hybridized carbons (Fsp3) is 0.360. The molecule has 0 atom stereocenters. The van der Waals surface area contributed by atoms with Gasteiger partial charge in [-0.1, -0.05) is 31.2 Å². The van der Waals surface area contributed by atoms with Gasteiger partial charge >= 0.3 is 5.97 Å². The van der Waals surface area contributed by atoms with Crippen molar-refractivity contribution in [2.45, 2.75) is 30.3 Å². The van der Waals surface area contributed by atoms with Crippen LogP contribution in [0.3, 0.4) is 0 Å². The predicted octanol–water partition coefficient (Wildman–Crippen LogP) is 3.44. The van der Waals surface area contributed by atoms with E-state index in [1.807, 2.05) is 24.0 Å². The first-order valence-corrected chi connectivity index (χ1v) is 12.8. The molecule has 0 radical (unpaired) electrons. The van der Waals surface area contributed by atoms with Crippen molar-refractivity contribution in [2.24, 2.45) is 0 Å². The normalized spacial score (nSPS) is 19.4. The van der Waals surface area contributed by atoms with E-state index in [9.17, 15) is 17.6 Å². The molecule has 178 valence electrons. The van der Waals surface area contributed by atoms with Crippen LogP contribution in [0.2, 0.25) is 0 Å². The zero-order valence-corrected chi connectivity index (χ0v) is 19.7. The number of aromatic nitrogens is 1. The van der Waals surface area contributed by atoms with Crippen molar-refractivity contribution in [3.63, 3.8) is 0 Å². The molecule has 3 heterocycles. The lowest BCUT2D eigenvalue weighted by atomic mass is 9.90. The first-order chi connectivity index (χ1) is 16.3. The van der Waals surface area contributed by atoms with Crippen molar-refractivity contribution in [1.29, 1.82) is 0 Å². The first kappa shape index (κ1) is 22.9. The fourth-order valence-electron chi connectivity index (χ4n) is 4.81. The smallest absolute Gasteiger partial charge is 0.320 e. The number of morpholine rings is 1. The van der Waals surface area contributed by atoms with Gasteiger partial charge in [0.1, 0.15) is 11.4 Å². The maximum absolute atomic E-state index is 13.4. The first-order valence-electron chi connectivity index (χ1n) is 11.4. The van der Waals surface area contributed by atoms with Crippen LogP contribution in [0.1, 0.15) is 19.8 Å². The molecule has 0 saturated carbocycles. The van der Waals surface area contributed by atoms with Gasteiger partial charge < -0.3 is 4.74 Å². The van der Waals surface area contributed by atoms with E-state index in [1.165, 1.54) is 16.6 Å². The molecule has 0 bridgehead atoms.